The second-order valence-corrected chi connectivity index (χ2v) is 3.95. The highest BCUT2D eigenvalue weighted by atomic mass is 19.1. The lowest BCUT2D eigenvalue weighted by Crippen LogP contribution is -2.31. The zero-order valence-corrected chi connectivity index (χ0v) is 10.5. The van der Waals surface area contributed by atoms with Gasteiger partial charge in [0.1, 0.15) is 12.1 Å². The Kier molecular flexibility index (Phi) is 4.07. The van der Waals surface area contributed by atoms with Crippen LogP contribution in [0.5, 0.6) is 0 Å². The van der Waals surface area contributed by atoms with Gasteiger partial charge in [0, 0.05) is 7.05 Å². The molecule has 3 N–H and O–H groups in total. The molecule has 7 heteroatoms. The largest absolute Gasteiger partial charge is 0.370 e. The lowest BCUT2D eigenvalue weighted by atomic mass is 10.2. The van der Waals surface area contributed by atoms with Gasteiger partial charge in [-0.2, -0.15) is 5.10 Å². The first-order valence-corrected chi connectivity index (χ1v) is 5.76. The molecule has 1 heterocycles. The van der Waals surface area contributed by atoms with E-state index >= 15 is 0 Å². The Morgan fingerprint density at radius 3 is 3.11 bits per heavy atom. The molecule has 0 saturated carbocycles. The predicted octanol–water partition coefficient (Wildman–Crippen LogP) is 0.500. The van der Waals surface area contributed by atoms with Crippen LogP contribution in [0, 0.1) is 5.82 Å². The molecule has 100 valence electrons. The first kappa shape index (κ1) is 13.0. The summed E-state index contributed by atoms with van der Waals surface area (Å²) < 4.78 is 14.7. The van der Waals surface area contributed by atoms with Crippen LogP contribution in [0.2, 0.25) is 0 Å². The molecule has 6 nitrogen and oxygen atoms in total. The lowest BCUT2D eigenvalue weighted by Gasteiger charge is -2.02. The van der Waals surface area contributed by atoms with Gasteiger partial charge < -0.3 is 11.1 Å². The zero-order valence-electron chi connectivity index (χ0n) is 10.5. The monoisotopic (exact) mass is 262 g/mol. The fourth-order valence-electron chi connectivity index (χ4n) is 1.56. The summed E-state index contributed by atoms with van der Waals surface area (Å²) in [6.07, 6.45) is 1.60. The molecule has 0 unspecified atom stereocenters. The van der Waals surface area contributed by atoms with Crippen molar-refractivity contribution in [1.82, 2.24) is 20.1 Å². The van der Waals surface area contributed by atoms with Crippen molar-refractivity contribution < 1.29 is 4.39 Å². The van der Waals surface area contributed by atoms with Gasteiger partial charge in [0.05, 0.1) is 13.1 Å². The highest BCUT2D eigenvalue weighted by molar-refractivity contribution is 5.77. The van der Waals surface area contributed by atoms with Crippen molar-refractivity contribution in [3.8, 4) is 0 Å². The molecule has 19 heavy (non-hydrogen) atoms. The molecular formula is C12H15FN6. The standard InChI is InChI=1S/C12H15FN6/c1-15-12(14)16-6-11-17-8-19(18-11)7-9-3-2-4-10(13)5-9/h2-5,8H,6-7H2,1H3,(H3,14,15,16). The Morgan fingerprint density at radius 2 is 2.37 bits per heavy atom. The second-order valence-electron chi connectivity index (χ2n) is 3.95. The van der Waals surface area contributed by atoms with Gasteiger partial charge in [-0.25, -0.2) is 14.1 Å². The molecule has 0 fully saturated rings. The molecule has 0 amide bonds. The van der Waals surface area contributed by atoms with Gasteiger partial charge in [0.15, 0.2) is 11.8 Å². The maximum atomic E-state index is 13.0. The normalized spacial score (nSPS) is 11.6. The first-order chi connectivity index (χ1) is 9.17. The molecule has 0 radical (unpaired) electrons. The Hall–Kier alpha value is -2.44. The van der Waals surface area contributed by atoms with Crippen molar-refractivity contribution in [3.05, 3.63) is 47.8 Å². The quantitative estimate of drug-likeness (QED) is 0.621. The van der Waals surface area contributed by atoms with Crippen LogP contribution in [0.15, 0.2) is 35.6 Å². The van der Waals surface area contributed by atoms with Crippen LogP contribution in [-0.4, -0.2) is 27.8 Å². The van der Waals surface area contributed by atoms with Crippen LogP contribution in [0.25, 0.3) is 0 Å². The van der Waals surface area contributed by atoms with E-state index in [-0.39, 0.29) is 5.82 Å². The third-order valence-electron chi connectivity index (χ3n) is 2.49. The van der Waals surface area contributed by atoms with E-state index < -0.39 is 0 Å². The molecule has 0 aliphatic carbocycles. The summed E-state index contributed by atoms with van der Waals surface area (Å²) in [5, 5.41) is 7.12. The number of hydrogen-bond acceptors (Lipinski definition) is 3. The fourth-order valence-corrected chi connectivity index (χ4v) is 1.56. The molecule has 2 rings (SSSR count). The number of halogens is 1. The Balaban J connectivity index is 1.97. The SMILES string of the molecule is CN=C(N)NCc1ncn(Cc2cccc(F)c2)n1. The van der Waals surface area contributed by atoms with Gasteiger partial charge in [-0.1, -0.05) is 12.1 Å². The van der Waals surface area contributed by atoms with E-state index in [1.54, 1.807) is 24.1 Å². The van der Waals surface area contributed by atoms with Crippen molar-refractivity contribution in [3.63, 3.8) is 0 Å². The molecule has 2 aromatic rings. The molecule has 0 aliphatic rings. The molecule has 1 aromatic carbocycles. The summed E-state index contributed by atoms with van der Waals surface area (Å²) in [7, 11) is 1.60. The second kappa shape index (κ2) is 5.94. The minimum atomic E-state index is -0.258. The topological polar surface area (TPSA) is 81.1 Å². The molecule has 0 atom stereocenters. The van der Waals surface area contributed by atoms with E-state index in [1.807, 2.05) is 6.07 Å². The summed E-state index contributed by atoms with van der Waals surface area (Å²) >= 11 is 0. The van der Waals surface area contributed by atoms with Crippen LogP contribution >= 0.6 is 0 Å². The number of aromatic nitrogens is 3. The van der Waals surface area contributed by atoms with Gasteiger partial charge in [-0.3, -0.25) is 4.99 Å². The maximum Gasteiger partial charge on any atom is 0.188 e. The number of aliphatic imine (C=N–C) groups is 1. The summed E-state index contributed by atoms with van der Waals surface area (Å²) in [5.74, 6) is 0.677. The molecule has 0 bridgehead atoms. The predicted molar refractivity (Wildman–Crippen MR) is 69.9 cm³/mol. The average molecular weight is 262 g/mol. The first-order valence-electron chi connectivity index (χ1n) is 5.76. The van der Waals surface area contributed by atoms with Crippen molar-refractivity contribution in [1.29, 1.82) is 0 Å². The Morgan fingerprint density at radius 1 is 1.53 bits per heavy atom. The maximum absolute atomic E-state index is 13.0. The summed E-state index contributed by atoms with van der Waals surface area (Å²) in [5.41, 5.74) is 6.34. The van der Waals surface area contributed by atoms with Gasteiger partial charge in [0.25, 0.3) is 0 Å². The number of benzene rings is 1. The van der Waals surface area contributed by atoms with Crippen LogP contribution in [0.3, 0.4) is 0 Å². The van der Waals surface area contributed by atoms with Crippen LogP contribution in [0.1, 0.15) is 11.4 Å². The number of rotatable bonds is 4. The minimum absolute atomic E-state index is 0.258. The van der Waals surface area contributed by atoms with Gasteiger partial charge in [-0.05, 0) is 17.7 Å². The molecule has 1 aromatic heterocycles. The third kappa shape index (κ3) is 3.77. The van der Waals surface area contributed by atoms with Crippen molar-refractivity contribution in [2.45, 2.75) is 13.1 Å². The van der Waals surface area contributed by atoms with E-state index in [9.17, 15) is 4.39 Å². The third-order valence-corrected chi connectivity index (χ3v) is 2.49. The highest BCUT2D eigenvalue weighted by Gasteiger charge is 2.02. The molecule has 0 saturated heterocycles. The van der Waals surface area contributed by atoms with E-state index in [4.69, 9.17) is 5.73 Å². The number of nitrogens with zero attached hydrogens (tertiary/aromatic N) is 4. The van der Waals surface area contributed by atoms with Crippen molar-refractivity contribution in [2.24, 2.45) is 10.7 Å². The number of nitrogens with two attached hydrogens (primary N) is 1. The van der Waals surface area contributed by atoms with E-state index in [0.29, 0.717) is 24.9 Å². The van der Waals surface area contributed by atoms with E-state index in [1.165, 1.54) is 12.1 Å². The van der Waals surface area contributed by atoms with Crippen LogP contribution in [0.4, 0.5) is 4.39 Å². The molecule has 0 spiro atoms. The van der Waals surface area contributed by atoms with Crippen molar-refractivity contribution in [2.75, 3.05) is 7.05 Å². The highest BCUT2D eigenvalue weighted by Crippen LogP contribution is 2.05. The zero-order chi connectivity index (χ0) is 13.7. The van der Waals surface area contributed by atoms with E-state index in [0.717, 1.165) is 5.56 Å². The minimum Gasteiger partial charge on any atom is -0.370 e. The number of guanidine groups is 1. The van der Waals surface area contributed by atoms with Gasteiger partial charge in [0.2, 0.25) is 0 Å². The van der Waals surface area contributed by atoms with E-state index in [2.05, 4.69) is 20.4 Å². The summed E-state index contributed by atoms with van der Waals surface area (Å²) in [6, 6.07) is 6.39. The average Bonchev–Trinajstić information content (AvgIpc) is 2.83. The summed E-state index contributed by atoms with van der Waals surface area (Å²) in [4.78, 5) is 7.89. The number of hydrogen-bond donors (Lipinski definition) is 2. The Labute approximate surface area is 110 Å². The Bertz CT molecular complexity index is 577. The lowest BCUT2D eigenvalue weighted by molar-refractivity contribution is 0.617. The smallest absolute Gasteiger partial charge is 0.188 e. The fraction of sp³-hybridized carbons (Fsp3) is 0.250. The van der Waals surface area contributed by atoms with Crippen LogP contribution in [-0.2, 0) is 13.1 Å². The van der Waals surface area contributed by atoms with Gasteiger partial charge in [-0.15, -0.1) is 0 Å². The number of nitrogens with one attached hydrogen (secondary N) is 1. The molecule has 0 aliphatic heterocycles. The van der Waals surface area contributed by atoms with Gasteiger partial charge >= 0.3 is 0 Å². The summed E-state index contributed by atoms with van der Waals surface area (Å²) in [6.45, 7) is 0.876. The molecular weight excluding hydrogens is 247 g/mol. The van der Waals surface area contributed by atoms with Crippen LogP contribution < -0.4 is 11.1 Å². The van der Waals surface area contributed by atoms with Crippen molar-refractivity contribution >= 4 is 5.96 Å².